The van der Waals surface area contributed by atoms with Crippen LogP contribution in [-0.4, -0.2) is 64.2 Å². The number of alkyl halides is 1. The zero-order valence-corrected chi connectivity index (χ0v) is 7.04. The monoisotopic (exact) mass is 196 g/mol. The summed E-state index contributed by atoms with van der Waals surface area (Å²) >= 11 is 0. The van der Waals surface area contributed by atoms with Crippen molar-refractivity contribution in [3.8, 4) is 0 Å². The van der Waals surface area contributed by atoms with Crippen molar-refractivity contribution in [1.82, 2.24) is 0 Å². The van der Waals surface area contributed by atoms with Crippen LogP contribution in [0.1, 0.15) is 0 Å². The van der Waals surface area contributed by atoms with Gasteiger partial charge in [0.15, 0.2) is 6.17 Å². The highest BCUT2D eigenvalue weighted by atomic mass is 19.1. The van der Waals surface area contributed by atoms with Gasteiger partial charge in [0, 0.05) is 7.11 Å². The van der Waals surface area contributed by atoms with Crippen LogP contribution in [0.3, 0.4) is 0 Å². The number of hydrogen-bond donors (Lipinski definition) is 4. The maximum Gasteiger partial charge on any atom is 0.157 e. The summed E-state index contributed by atoms with van der Waals surface area (Å²) in [4.78, 5) is 0. The van der Waals surface area contributed by atoms with Crippen molar-refractivity contribution < 1.29 is 29.6 Å². The fourth-order valence-corrected chi connectivity index (χ4v) is 1.44. The van der Waals surface area contributed by atoms with Crippen molar-refractivity contribution in [2.45, 2.75) is 36.7 Å². The molecule has 6 heteroatoms. The molecule has 0 heterocycles. The Morgan fingerprint density at radius 2 is 1.38 bits per heavy atom. The molecule has 1 fully saturated rings. The Hall–Kier alpha value is -0.270. The molecule has 13 heavy (non-hydrogen) atoms. The van der Waals surface area contributed by atoms with Gasteiger partial charge in [-0.05, 0) is 0 Å². The molecule has 0 saturated heterocycles. The fraction of sp³-hybridized carbons (Fsp3) is 1.00. The first-order valence-corrected chi connectivity index (χ1v) is 3.89. The molecule has 78 valence electrons. The molecule has 1 rings (SSSR count). The van der Waals surface area contributed by atoms with Gasteiger partial charge in [0.05, 0.1) is 0 Å². The summed E-state index contributed by atoms with van der Waals surface area (Å²) in [5.41, 5.74) is 0. The van der Waals surface area contributed by atoms with E-state index in [9.17, 15) is 9.50 Å². The van der Waals surface area contributed by atoms with Gasteiger partial charge >= 0.3 is 0 Å². The minimum absolute atomic E-state index is 1.15. The zero-order chi connectivity index (χ0) is 10.2. The Morgan fingerprint density at radius 1 is 0.923 bits per heavy atom. The number of ether oxygens (including phenoxy) is 1. The third-order valence-corrected chi connectivity index (χ3v) is 2.30. The topological polar surface area (TPSA) is 90.2 Å². The van der Waals surface area contributed by atoms with Gasteiger partial charge in [0.1, 0.15) is 30.5 Å². The molecule has 1 aliphatic rings. The highest BCUT2D eigenvalue weighted by Crippen LogP contribution is 2.25. The van der Waals surface area contributed by atoms with Crippen molar-refractivity contribution in [2.75, 3.05) is 7.11 Å². The van der Waals surface area contributed by atoms with Crippen molar-refractivity contribution >= 4 is 0 Å². The molecule has 1 saturated carbocycles. The van der Waals surface area contributed by atoms with E-state index in [0.29, 0.717) is 0 Å². The highest BCUT2D eigenvalue weighted by molar-refractivity contribution is 4.99. The SMILES string of the molecule is CO[C@H]1[C@H](O)[C@@H](O)[C@H](O)[C@H](O)[C@@H]1F. The summed E-state index contributed by atoms with van der Waals surface area (Å²) in [6.45, 7) is 0. The van der Waals surface area contributed by atoms with Gasteiger partial charge in [-0.1, -0.05) is 0 Å². The van der Waals surface area contributed by atoms with Crippen molar-refractivity contribution in [2.24, 2.45) is 0 Å². The average Bonchev–Trinajstić information content (AvgIpc) is 2.13. The summed E-state index contributed by atoms with van der Waals surface area (Å²) in [6, 6.07) is 0. The second-order valence-corrected chi connectivity index (χ2v) is 3.11. The van der Waals surface area contributed by atoms with E-state index in [2.05, 4.69) is 4.74 Å². The van der Waals surface area contributed by atoms with E-state index in [-0.39, 0.29) is 0 Å². The maximum atomic E-state index is 13.1. The predicted octanol–water partition coefficient (Wildman–Crippen LogP) is -2.20. The Balaban J connectivity index is 2.79. The Bertz CT molecular complexity index is 162. The molecule has 0 aliphatic heterocycles. The summed E-state index contributed by atoms with van der Waals surface area (Å²) < 4.78 is 17.7. The molecule has 0 radical (unpaired) electrons. The lowest BCUT2D eigenvalue weighted by Crippen LogP contribution is -2.62. The van der Waals surface area contributed by atoms with Gasteiger partial charge in [0.2, 0.25) is 0 Å². The van der Waals surface area contributed by atoms with Crippen LogP contribution in [0.4, 0.5) is 4.39 Å². The van der Waals surface area contributed by atoms with Crippen LogP contribution in [0.5, 0.6) is 0 Å². The molecule has 0 aromatic heterocycles. The summed E-state index contributed by atoms with van der Waals surface area (Å²) in [5.74, 6) is 0. The normalized spacial score (nSPS) is 52.2. The van der Waals surface area contributed by atoms with Crippen molar-refractivity contribution in [3.63, 3.8) is 0 Å². The smallest absolute Gasteiger partial charge is 0.157 e. The third-order valence-electron chi connectivity index (χ3n) is 2.30. The summed E-state index contributed by atoms with van der Waals surface area (Å²) in [5, 5.41) is 36.4. The molecule has 0 aromatic rings. The number of hydrogen-bond acceptors (Lipinski definition) is 5. The van der Waals surface area contributed by atoms with Crippen LogP contribution in [-0.2, 0) is 4.74 Å². The van der Waals surface area contributed by atoms with Crippen LogP contribution in [0, 0.1) is 0 Å². The minimum Gasteiger partial charge on any atom is -0.387 e. The molecular weight excluding hydrogens is 183 g/mol. The van der Waals surface area contributed by atoms with Gasteiger partial charge in [-0.3, -0.25) is 0 Å². The zero-order valence-electron chi connectivity index (χ0n) is 7.04. The van der Waals surface area contributed by atoms with Crippen LogP contribution in [0.15, 0.2) is 0 Å². The molecule has 0 aromatic carbocycles. The van der Waals surface area contributed by atoms with Crippen LogP contribution < -0.4 is 0 Å². The Morgan fingerprint density at radius 3 is 1.85 bits per heavy atom. The van der Waals surface area contributed by atoms with Crippen molar-refractivity contribution in [3.05, 3.63) is 0 Å². The third kappa shape index (κ3) is 1.68. The van der Waals surface area contributed by atoms with Gasteiger partial charge in [0.25, 0.3) is 0 Å². The largest absolute Gasteiger partial charge is 0.387 e. The van der Waals surface area contributed by atoms with E-state index in [0.717, 1.165) is 7.11 Å². The second kappa shape index (κ2) is 3.85. The predicted molar refractivity (Wildman–Crippen MR) is 39.7 cm³/mol. The molecule has 6 atom stereocenters. The number of halogens is 1. The lowest BCUT2D eigenvalue weighted by Gasteiger charge is -2.39. The van der Waals surface area contributed by atoms with E-state index >= 15 is 0 Å². The minimum atomic E-state index is -1.90. The van der Waals surface area contributed by atoms with Gasteiger partial charge < -0.3 is 25.2 Å². The van der Waals surface area contributed by atoms with E-state index in [1.807, 2.05) is 0 Å². The lowest BCUT2D eigenvalue weighted by molar-refractivity contribution is -0.213. The van der Waals surface area contributed by atoms with Gasteiger partial charge in [-0.15, -0.1) is 0 Å². The van der Waals surface area contributed by atoms with Gasteiger partial charge in [-0.2, -0.15) is 0 Å². The molecule has 1 aliphatic carbocycles. The van der Waals surface area contributed by atoms with Gasteiger partial charge in [-0.25, -0.2) is 4.39 Å². The van der Waals surface area contributed by atoms with E-state index in [1.165, 1.54) is 0 Å². The molecule has 0 bridgehead atoms. The first kappa shape index (κ1) is 10.8. The summed E-state index contributed by atoms with van der Waals surface area (Å²) in [6.07, 6.45) is -9.75. The molecule has 5 nitrogen and oxygen atoms in total. The first-order chi connectivity index (χ1) is 6.00. The number of aliphatic hydroxyl groups excluding tert-OH is 4. The highest BCUT2D eigenvalue weighted by Gasteiger charge is 2.49. The Labute approximate surface area is 74.4 Å². The quantitative estimate of drug-likeness (QED) is 0.382. The van der Waals surface area contributed by atoms with Crippen LogP contribution in [0.2, 0.25) is 0 Å². The molecule has 0 amide bonds. The number of methoxy groups -OCH3 is 1. The second-order valence-electron chi connectivity index (χ2n) is 3.11. The molecular formula is C7H13FO5. The average molecular weight is 196 g/mol. The standard InChI is InChI=1S/C7H13FO5/c1-13-7-2(8)3(9)4(10)5(11)6(7)12/h2-7,9-12H,1H3/t2-,3+,4+,5-,6+,7+/m0/s1. The Kier molecular flexibility index (Phi) is 3.20. The molecule has 4 N–H and O–H groups in total. The van der Waals surface area contributed by atoms with Crippen LogP contribution >= 0.6 is 0 Å². The fourth-order valence-electron chi connectivity index (χ4n) is 1.44. The van der Waals surface area contributed by atoms with E-state index in [4.69, 9.17) is 15.3 Å². The number of rotatable bonds is 1. The van der Waals surface area contributed by atoms with Crippen LogP contribution in [0.25, 0.3) is 0 Å². The maximum absolute atomic E-state index is 13.1. The van der Waals surface area contributed by atoms with Crippen molar-refractivity contribution in [1.29, 1.82) is 0 Å². The van der Waals surface area contributed by atoms with E-state index < -0.39 is 36.7 Å². The summed E-state index contributed by atoms with van der Waals surface area (Å²) in [7, 11) is 1.15. The molecule has 0 unspecified atom stereocenters. The lowest BCUT2D eigenvalue weighted by atomic mass is 9.86. The van der Waals surface area contributed by atoms with E-state index in [1.54, 1.807) is 0 Å². The molecule has 0 spiro atoms. The number of aliphatic hydroxyl groups is 4. The first-order valence-electron chi connectivity index (χ1n) is 3.89.